The Kier molecular flexibility index (Phi) is 4.13. The van der Waals surface area contributed by atoms with Crippen molar-refractivity contribution >= 4 is 38.8 Å². The predicted octanol–water partition coefficient (Wildman–Crippen LogP) is 3.86. The molecule has 0 saturated heterocycles. The zero-order valence-electron chi connectivity index (χ0n) is 14.1. The SMILES string of the molecule is Cn1cc([N+](=O)[O-])c(C(=O)Nc2nc(-c3cccc4ccccc34)cs2)n1. The number of benzene rings is 2. The smallest absolute Gasteiger partial charge is 0.296 e. The molecule has 4 rings (SSSR count). The monoisotopic (exact) mass is 379 g/mol. The van der Waals surface area contributed by atoms with Crippen molar-refractivity contribution in [3.8, 4) is 11.3 Å². The van der Waals surface area contributed by atoms with E-state index in [1.165, 1.54) is 29.3 Å². The summed E-state index contributed by atoms with van der Waals surface area (Å²) < 4.78 is 1.23. The minimum Gasteiger partial charge on any atom is -0.296 e. The third kappa shape index (κ3) is 3.15. The Morgan fingerprint density at radius 1 is 1.22 bits per heavy atom. The van der Waals surface area contributed by atoms with Gasteiger partial charge in [-0.05, 0) is 10.8 Å². The molecule has 1 N–H and O–H groups in total. The lowest BCUT2D eigenvalue weighted by molar-refractivity contribution is -0.385. The number of nitrogens with zero attached hydrogens (tertiary/aromatic N) is 4. The average Bonchev–Trinajstić information content (AvgIpc) is 3.28. The number of carbonyl (C=O) groups excluding carboxylic acids is 1. The third-order valence-electron chi connectivity index (χ3n) is 4.01. The molecule has 2 heterocycles. The van der Waals surface area contributed by atoms with Crippen LogP contribution in [0.5, 0.6) is 0 Å². The van der Waals surface area contributed by atoms with Crippen molar-refractivity contribution in [3.63, 3.8) is 0 Å². The summed E-state index contributed by atoms with van der Waals surface area (Å²) >= 11 is 1.25. The van der Waals surface area contributed by atoms with Crippen LogP contribution in [0, 0.1) is 10.1 Å². The average molecular weight is 379 g/mol. The van der Waals surface area contributed by atoms with Crippen LogP contribution in [-0.4, -0.2) is 25.6 Å². The van der Waals surface area contributed by atoms with Crippen LogP contribution in [0.3, 0.4) is 0 Å². The van der Waals surface area contributed by atoms with Crippen molar-refractivity contribution < 1.29 is 9.72 Å². The topological polar surface area (TPSA) is 103 Å². The number of amides is 1. The van der Waals surface area contributed by atoms with E-state index in [0.717, 1.165) is 22.0 Å². The maximum Gasteiger partial charge on any atom is 0.320 e. The predicted molar refractivity (Wildman–Crippen MR) is 103 cm³/mol. The van der Waals surface area contributed by atoms with Crippen LogP contribution in [-0.2, 0) is 7.05 Å². The molecule has 0 bridgehead atoms. The lowest BCUT2D eigenvalue weighted by atomic mass is 10.0. The first-order chi connectivity index (χ1) is 13.0. The summed E-state index contributed by atoms with van der Waals surface area (Å²) in [5.41, 5.74) is 1.08. The van der Waals surface area contributed by atoms with E-state index < -0.39 is 10.8 Å². The van der Waals surface area contributed by atoms with Crippen molar-refractivity contribution in [3.05, 3.63) is 69.8 Å². The molecule has 0 saturated carbocycles. The normalized spacial score (nSPS) is 10.9. The van der Waals surface area contributed by atoms with Gasteiger partial charge in [0.25, 0.3) is 5.91 Å². The van der Waals surface area contributed by atoms with Crippen LogP contribution in [0.2, 0.25) is 0 Å². The zero-order chi connectivity index (χ0) is 19.0. The standard InChI is InChI=1S/C18H13N5O3S/c1-22-9-15(23(25)26)16(21-22)17(24)20-18-19-14(10-27-18)13-8-4-6-11-5-2-3-7-12(11)13/h2-10H,1H3,(H,19,20,24). The van der Waals surface area contributed by atoms with Crippen LogP contribution in [0.15, 0.2) is 54.0 Å². The van der Waals surface area contributed by atoms with E-state index in [9.17, 15) is 14.9 Å². The highest BCUT2D eigenvalue weighted by atomic mass is 32.1. The molecule has 0 atom stereocenters. The summed E-state index contributed by atoms with van der Waals surface area (Å²) in [5, 5.41) is 21.9. The number of thiazole rings is 1. The minimum absolute atomic E-state index is 0.246. The van der Waals surface area contributed by atoms with E-state index in [2.05, 4.69) is 15.4 Å². The minimum atomic E-state index is -0.666. The van der Waals surface area contributed by atoms with Crippen LogP contribution in [0.4, 0.5) is 10.8 Å². The van der Waals surface area contributed by atoms with Crippen LogP contribution in [0.25, 0.3) is 22.0 Å². The number of hydrogen-bond donors (Lipinski definition) is 1. The molecule has 9 heteroatoms. The number of anilines is 1. The van der Waals surface area contributed by atoms with Gasteiger partial charge in [0.1, 0.15) is 6.20 Å². The Hall–Kier alpha value is -3.59. The van der Waals surface area contributed by atoms with Gasteiger partial charge in [0.05, 0.1) is 10.6 Å². The van der Waals surface area contributed by atoms with E-state index in [1.807, 2.05) is 47.8 Å². The zero-order valence-corrected chi connectivity index (χ0v) is 14.9. The van der Waals surface area contributed by atoms with Gasteiger partial charge in [0.2, 0.25) is 5.69 Å². The molecule has 1 amide bonds. The van der Waals surface area contributed by atoms with Gasteiger partial charge < -0.3 is 0 Å². The number of fused-ring (bicyclic) bond motifs is 1. The quantitative estimate of drug-likeness (QED) is 0.428. The summed E-state index contributed by atoms with van der Waals surface area (Å²) in [4.78, 5) is 27.3. The number of hydrogen-bond acceptors (Lipinski definition) is 6. The molecule has 2 aromatic carbocycles. The summed E-state index contributed by atoms with van der Waals surface area (Å²) in [6.07, 6.45) is 1.19. The second-order valence-electron chi connectivity index (χ2n) is 5.81. The maximum atomic E-state index is 12.4. The Bertz CT molecular complexity index is 1180. The summed E-state index contributed by atoms with van der Waals surface area (Å²) in [5.74, 6) is -0.666. The van der Waals surface area contributed by atoms with Gasteiger partial charge in [-0.2, -0.15) is 5.10 Å². The fourth-order valence-corrected chi connectivity index (χ4v) is 3.54. The highest BCUT2D eigenvalue weighted by molar-refractivity contribution is 7.14. The Morgan fingerprint density at radius 3 is 2.81 bits per heavy atom. The second kappa shape index (κ2) is 6.61. The molecule has 8 nitrogen and oxygen atoms in total. The Labute approximate surface area is 157 Å². The Morgan fingerprint density at radius 2 is 2.00 bits per heavy atom. The van der Waals surface area contributed by atoms with Gasteiger partial charge >= 0.3 is 5.69 Å². The molecule has 0 spiro atoms. The van der Waals surface area contributed by atoms with E-state index in [4.69, 9.17) is 0 Å². The lowest BCUT2D eigenvalue weighted by Gasteiger charge is -2.03. The summed E-state index contributed by atoms with van der Waals surface area (Å²) in [6, 6.07) is 13.9. The molecule has 134 valence electrons. The molecule has 2 aromatic heterocycles. The number of nitrogens with one attached hydrogen (secondary N) is 1. The highest BCUT2D eigenvalue weighted by Gasteiger charge is 2.25. The number of aromatic nitrogens is 3. The number of rotatable bonds is 4. The first-order valence-electron chi connectivity index (χ1n) is 7.96. The van der Waals surface area contributed by atoms with Crippen molar-refractivity contribution in [2.45, 2.75) is 0 Å². The largest absolute Gasteiger partial charge is 0.320 e. The number of nitro groups is 1. The van der Waals surface area contributed by atoms with Gasteiger partial charge in [0, 0.05) is 18.0 Å². The van der Waals surface area contributed by atoms with Gasteiger partial charge in [-0.15, -0.1) is 11.3 Å². The first kappa shape index (κ1) is 16.9. The van der Waals surface area contributed by atoms with Gasteiger partial charge in [-0.25, -0.2) is 4.98 Å². The maximum absolute atomic E-state index is 12.4. The molecular formula is C18H13N5O3S. The lowest BCUT2D eigenvalue weighted by Crippen LogP contribution is -2.14. The fraction of sp³-hybridized carbons (Fsp3) is 0.0556. The van der Waals surface area contributed by atoms with E-state index >= 15 is 0 Å². The van der Waals surface area contributed by atoms with E-state index in [0.29, 0.717) is 5.13 Å². The molecule has 0 fully saturated rings. The molecule has 0 aliphatic rings. The van der Waals surface area contributed by atoms with Crippen molar-refractivity contribution in [2.24, 2.45) is 7.05 Å². The van der Waals surface area contributed by atoms with Crippen LogP contribution >= 0.6 is 11.3 Å². The van der Waals surface area contributed by atoms with E-state index in [1.54, 1.807) is 0 Å². The Balaban J connectivity index is 1.64. The highest BCUT2D eigenvalue weighted by Crippen LogP contribution is 2.31. The van der Waals surface area contributed by atoms with Crippen molar-refractivity contribution in [1.29, 1.82) is 0 Å². The fourth-order valence-electron chi connectivity index (χ4n) is 2.83. The van der Waals surface area contributed by atoms with Crippen LogP contribution < -0.4 is 5.32 Å². The second-order valence-corrected chi connectivity index (χ2v) is 6.67. The van der Waals surface area contributed by atoms with Crippen molar-refractivity contribution in [2.75, 3.05) is 5.32 Å². The molecule has 27 heavy (non-hydrogen) atoms. The molecule has 0 unspecified atom stereocenters. The first-order valence-corrected chi connectivity index (χ1v) is 8.84. The van der Waals surface area contributed by atoms with Gasteiger partial charge in [-0.1, -0.05) is 42.5 Å². The molecule has 0 radical (unpaired) electrons. The summed E-state index contributed by atoms with van der Waals surface area (Å²) in [6.45, 7) is 0. The molecule has 0 aliphatic carbocycles. The molecule has 4 aromatic rings. The third-order valence-corrected chi connectivity index (χ3v) is 4.77. The van der Waals surface area contributed by atoms with Gasteiger partial charge in [0.15, 0.2) is 5.13 Å². The number of aryl methyl sites for hydroxylation is 1. The number of carbonyl (C=O) groups is 1. The van der Waals surface area contributed by atoms with E-state index in [-0.39, 0.29) is 11.4 Å². The van der Waals surface area contributed by atoms with Crippen LogP contribution in [0.1, 0.15) is 10.5 Å². The molecular weight excluding hydrogens is 366 g/mol. The van der Waals surface area contributed by atoms with Crippen molar-refractivity contribution in [1.82, 2.24) is 14.8 Å². The molecule has 0 aliphatic heterocycles. The summed E-state index contributed by atoms with van der Waals surface area (Å²) in [7, 11) is 1.52. The van der Waals surface area contributed by atoms with Gasteiger partial charge in [-0.3, -0.25) is 24.9 Å².